The highest BCUT2D eigenvalue weighted by molar-refractivity contribution is 5.90. The monoisotopic (exact) mass is 416 g/mol. The normalized spacial score (nSPS) is 20.3. The fourth-order valence-electron chi connectivity index (χ4n) is 4.11. The number of hydrogen-bond donors (Lipinski definition) is 1. The van der Waals surface area contributed by atoms with Gasteiger partial charge in [0.25, 0.3) is 0 Å². The van der Waals surface area contributed by atoms with Crippen molar-refractivity contribution < 1.29 is 19.1 Å². The minimum atomic E-state index is -0.377. The van der Waals surface area contributed by atoms with E-state index in [1.807, 2.05) is 17.0 Å². The lowest BCUT2D eigenvalue weighted by Gasteiger charge is -2.39. The van der Waals surface area contributed by atoms with Crippen molar-refractivity contribution in [2.45, 2.75) is 26.3 Å². The Kier molecular flexibility index (Phi) is 7.31. The van der Waals surface area contributed by atoms with Crippen LogP contribution in [-0.2, 0) is 14.3 Å². The number of ether oxygens (including phenoxy) is 1. The number of nitrogens with one attached hydrogen (secondary N) is 1. The molecule has 8 heteroatoms. The lowest BCUT2D eigenvalue weighted by molar-refractivity contribution is -0.139. The van der Waals surface area contributed by atoms with Gasteiger partial charge >= 0.3 is 5.97 Å². The Morgan fingerprint density at radius 2 is 1.77 bits per heavy atom. The highest BCUT2D eigenvalue weighted by Crippen LogP contribution is 2.19. The molecular formula is C22H32N4O4. The number of rotatable bonds is 6. The van der Waals surface area contributed by atoms with Gasteiger partial charge in [0, 0.05) is 51.5 Å². The van der Waals surface area contributed by atoms with Gasteiger partial charge in [-0.05, 0) is 30.2 Å². The van der Waals surface area contributed by atoms with Crippen molar-refractivity contribution >= 4 is 23.5 Å². The van der Waals surface area contributed by atoms with Crippen molar-refractivity contribution in [1.29, 1.82) is 0 Å². The molecule has 0 spiro atoms. The fourth-order valence-corrected chi connectivity index (χ4v) is 4.11. The minimum absolute atomic E-state index is 0.0338. The molecule has 0 aliphatic carbocycles. The minimum Gasteiger partial charge on any atom is -0.465 e. The van der Waals surface area contributed by atoms with Crippen LogP contribution in [0.4, 0.5) is 5.69 Å². The van der Waals surface area contributed by atoms with Gasteiger partial charge in [-0.2, -0.15) is 0 Å². The first-order valence-electron chi connectivity index (χ1n) is 10.6. The number of anilines is 1. The number of carbonyl (C=O) groups excluding carboxylic acids is 3. The van der Waals surface area contributed by atoms with E-state index in [9.17, 15) is 14.4 Å². The van der Waals surface area contributed by atoms with Crippen LogP contribution in [0.2, 0.25) is 0 Å². The zero-order chi connectivity index (χ0) is 21.7. The van der Waals surface area contributed by atoms with E-state index < -0.39 is 0 Å². The molecule has 0 aromatic heterocycles. The molecule has 2 saturated heterocycles. The summed E-state index contributed by atoms with van der Waals surface area (Å²) in [7, 11) is 1.37. The van der Waals surface area contributed by atoms with Crippen LogP contribution >= 0.6 is 0 Å². The van der Waals surface area contributed by atoms with Gasteiger partial charge in [0.1, 0.15) is 0 Å². The zero-order valence-electron chi connectivity index (χ0n) is 18.1. The summed E-state index contributed by atoms with van der Waals surface area (Å²) in [5, 5.41) is 2.90. The number of methoxy groups -OCH3 is 1. The molecule has 0 saturated carbocycles. The van der Waals surface area contributed by atoms with Gasteiger partial charge in [-0.3, -0.25) is 14.5 Å². The number of carbonyl (C=O) groups is 3. The Hall–Kier alpha value is -2.61. The average molecular weight is 417 g/mol. The van der Waals surface area contributed by atoms with Crippen LogP contribution in [0, 0.1) is 5.92 Å². The van der Waals surface area contributed by atoms with Crippen LogP contribution in [0.1, 0.15) is 30.6 Å². The molecule has 2 aliphatic rings. The maximum atomic E-state index is 12.9. The predicted molar refractivity (Wildman–Crippen MR) is 114 cm³/mol. The van der Waals surface area contributed by atoms with E-state index in [1.54, 1.807) is 12.1 Å². The first kappa shape index (κ1) is 22.1. The SMILES string of the molecule is COC(=O)c1ccc(N2CCN(C(=O)C[C@H]3C(=O)NCCN3CC(C)C)CC2)cc1. The van der Waals surface area contributed by atoms with Crippen LogP contribution < -0.4 is 10.2 Å². The van der Waals surface area contributed by atoms with Gasteiger partial charge in [-0.25, -0.2) is 4.79 Å². The second-order valence-corrected chi connectivity index (χ2v) is 8.31. The Balaban J connectivity index is 1.54. The van der Waals surface area contributed by atoms with E-state index in [1.165, 1.54) is 7.11 Å². The number of amides is 2. The summed E-state index contributed by atoms with van der Waals surface area (Å²) in [6, 6.07) is 6.94. The summed E-state index contributed by atoms with van der Waals surface area (Å²) in [5.41, 5.74) is 1.54. The molecule has 1 aromatic carbocycles. The Bertz CT molecular complexity index is 757. The molecule has 0 radical (unpaired) electrons. The molecule has 0 bridgehead atoms. The highest BCUT2D eigenvalue weighted by Gasteiger charge is 2.33. The maximum Gasteiger partial charge on any atom is 0.337 e. The first-order chi connectivity index (χ1) is 14.4. The lowest BCUT2D eigenvalue weighted by atomic mass is 10.0. The van der Waals surface area contributed by atoms with E-state index >= 15 is 0 Å². The molecule has 1 atom stereocenters. The van der Waals surface area contributed by atoms with Crippen LogP contribution in [0.25, 0.3) is 0 Å². The van der Waals surface area contributed by atoms with E-state index in [4.69, 9.17) is 4.74 Å². The molecule has 0 unspecified atom stereocenters. The van der Waals surface area contributed by atoms with Crippen molar-refractivity contribution in [2.75, 3.05) is 57.8 Å². The van der Waals surface area contributed by atoms with Gasteiger partial charge in [-0.15, -0.1) is 0 Å². The fraction of sp³-hybridized carbons (Fsp3) is 0.591. The third-order valence-corrected chi connectivity index (χ3v) is 5.70. The van der Waals surface area contributed by atoms with E-state index in [2.05, 4.69) is 29.0 Å². The number of benzene rings is 1. The van der Waals surface area contributed by atoms with Gasteiger partial charge in [0.2, 0.25) is 11.8 Å². The summed E-state index contributed by atoms with van der Waals surface area (Å²) in [6.07, 6.45) is 0.229. The topological polar surface area (TPSA) is 82.2 Å². The van der Waals surface area contributed by atoms with Gasteiger partial charge in [0.15, 0.2) is 0 Å². The number of nitrogens with zero attached hydrogens (tertiary/aromatic N) is 3. The highest BCUT2D eigenvalue weighted by atomic mass is 16.5. The molecule has 8 nitrogen and oxygen atoms in total. The van der Waals surface area contributed by atoms with Crippen molar-refractivity contribution in [3.8, 4) is 0 Å². The standard InChI is InChI=1S/C22H32N4O4/c1-16(2)15-26-9-8-23-21(28)19(26)14-20(27)25-12-10-24(11-13-25)18-6-4-17(5-7-18)22(29)30-3/h4-7,16,19H,8-15H2,1-3H3,(H,23,28)/t19-/m0/s1. The second-order valence-electron chi connectivity index (χ2n) is 8.31. The Morgan fingerprint density at radius 1 is 1.10 bits per heavy atom. The summed E-state index contributed by atoms with van der Waals surface area (Å²) in [4.78, 5) is 43.0. The molecule has 2 aliphatic heterocycles. The largest absolute Gasteiger partial charge is 0.465 e. The first-order valence-corrected chi connectivity index (χ1v) is 10.6. The molecule has 2 heterocycles. The Morgan fingerprint density at radius 3 is 2.37 bits per heavy atom. The average Bonchev–Trinajstić information content (AvgIpc) is 2.75. The molecule has 3 rings (SSSR count). The maximum absolute atomic E-state index is 12.9. The van der Waals surface area contributed by atoms with E-state index in [0.29, 0.717) is 31.1 Å². The molecule has 164 valence electrons. The Labute approximate surface area is 178 Å². The summed E-state index contributed by atoms with van der Waals surface area (Å²) in [5.74, 6) is 0.0870. The number of piperazine rings is 2. The molecular weight excluding hydrogens is 384 g/mol. The molecule has 2 amide bonds. The van der Waals surface area contributed by atoms with Crippen LogP contribution in [0.5, 0.6) is 0 Å². The lowest BCUT2D eigenvalue weighted by Crippen LogP contribution is -2.58. The number of hydrogen-bond acceptors (Lipinski definition) is 6. The summed E-state index contributed by atoms with van der Waals surface area (Å²) >= 11 is 0. The van der Waals surface area contributed by atoms with Gasteiger partial charge in [-0.1, -0.05) is 13.8 Å². The van der Waals surface area contributed by atoms with Crippen molar-refractivity contribution in [1.82, 2.24) is 15.1 Å². The molecule has 1 aromatic rings. The zero-order valence-corrected chi connectivity index (χ0v) is 18.1. The van der Waals surface area contributed by atoms with Crippen molar-refractivity contribution in [2.24, 2.45) is 5.92 Å². The van der Waals surface area contributed by atoms with Crippen molar-refractivity contribution in [3.05, 3.63) is 29.8 Å². The van der Waals surface area contributed by atoms with Gasteiger partial charge < -0.3 is 19.9 Å². The quantitative estimate of drug-likeness (QED) is 0.696. The summed E-state index contributed by atoms with van der Waals surface area (Å²) in [6.45, 7) is 9.18. The summed E-state index contributed by atoms with van der Waals surface area (Å²) < 4.78 is 4.73. The second kappa shape index (κ2) is 9.93. The van der Waals surface area contributed by atoms with Crippen LogP contribution in [-0.4, -0.2) is 86.5 Å². The van der Waals surface area contributed by atoms with Crippen molar-refractivity contribution in [3.63, 3.8) is 0 Å². The van der Waals surface area contributed by atoms with Gasteiger partial charge in [0.05, 0.1) is 25.1 Å². The molecule has 30 heavy (non-hydrogen) atoms. The van der Waals surface area contributed by atoms with E-state index in [0.717, 1.165) is 31.9 Å². The predicted octanol–water partition coefficient (Wildman–Crippen LogP) is 0.968. The molecule has 1 N–H and O–H groups in total. The van der Waals surface area contributed by atoms with Crippen LogP contribution in [0.3, 0.4) is 0 Å². The molecule has 2 fully saturated rings. The van der Waals surface area contributed by atoms with Crippen LogP contribution in [0.15, 0.2) is 24.3 Å². The van der Waals surface area contributed by atoms with E-state index in [-0.39, 0.29) is 30.2 Å². The third-order valence-electron chi connectivity index (χ3n) is 5.70. The third kappa shape index (κ3) is 5.30. The number of esters is 1. The smallest absolute Gasteiger partial charge is 0.337 e.